The lowest BCUT2D eigenvalue weighted by Gasteiger charge is -2.25. The Balaban J connectivity index is 1.90. The van der Waals surface area contributed by atoms with Crippen molar-refractivity contribution in [1.82, 2.24) is 4.90 Å². The molecule has 120 valence electrons. The zero-order valence-corrected chi connectivity index (χ0v) is 13.3. The number of carbonyl (C=O) groups is 2. The van der Waals surface area contributed by atoms with Crippen molar-refractivity contribution < 1.29 is 14.3 Å². The summed E-state index contributed by atoms with van der Waals surface area (Å²) in [4.78, 5) is 25.3. The van der Waals surface area contributed by atoms with Gasteiger partial charge in [-0.1, -0.05) is 6.07 Å². The first-order chi connectivity index (χ1) is 10.6. The van der Waals surface area contributed by atoms with Crippen LogP contribution in [0.15, 0.2) is 24.3 Å². The number of ether oxygens (including phenoxy) is 1. The maximum atomic E-state index is 12.4. The minimum absolute atomic E-state index is 0.0146. The van der Waals surface area contributed by atoms with Gasteiger partial charge in [0.15, 0.2) is 0 Å². The maximum Gasteiger partial charge on any atom is 0.253 e. The molecule has 1 aliphatic heterocycles. The van der Waals surface area contributed by atoms with Crippen LogP contribution in [0.4, 0.5) is 5.69 Å². The number of amides is 2. The van der Waals surface area contributed by atoms with Crippen molar-refractivity contribution in [3.8, 4) is 0 Å². The number of hydrogen-bond donors (Lipinski definition) is 1. The van der Waals surface area contributed by atoms with Gasteiger partial charge >= 0.3 is 0 Å². The van der Waals surface area contributed by atoms with E-state index in [1.165, 1.54) is 6.92 Å². The van der Waals surface area contributed by atoms with E-state index in [1.54, 1.807) is 29.2 Å². The Morgan fingerprint density at radius 2 is 2.05 bits per heavy atom. The van der Waals surface area contributed by atoms with Crippen LogP contribution in [0.2, 0.25) is 0 Å². The molecule has 0 aromatic heterocycles. The molecular weight excluding hydrogens is 280 g/mol. The lowest BCUT2D eigenvalue weighted by molar-refractivity contribution is -0.114. The maximum absolute atomic E-state index is 12.4. The predicted molar refractivity (Wildman–Crippen MR) is 85.9 cm³/mol. The standard InChI is InChI=1S/C17H24N2O3/c1-13(20)18-16-5-3-4-15(12-16)17(21)19(2)9-6-14-7-10-22-11-8-14/h3-5,12,14H,6-11H2,1-2H3,(H,18,20). The number of nitrogens with zero attached hydrogens (tertiary/aromatic N) is 1. The van der Waals surface area contributed by atoms with Crippen molar-refractivity contribution in [3.63, 3.8) is 0 Å². The van der Waals surface area contributed by atoms with Gasteiger partial charge in [-0.05, 0) is 43.4 Å². The Kier molecular flexibility index (Phi) is 5.95. The fraction of sp³-hybridized carbons (Fsp3) is 0.529. The van der Waals surface area contributed by atoms with Gasteiger partial charge < -0.3 is 15.0 Å². The zero-order chi connectivity index (χ0) is 15.9. The number of benzene rings is 1. The van der Waals surface area contributed by atoms with Crippen molar-refractivity contribution in [3.05, 3.63) is 29.8 Å². The third-order valence-electron chi connectivity index (χ3n) is 3.99. The molecule has 5 heteroatoms. The highest BCUT2D eigenvalue weighted by Gasteiger charge is 2.17. The summed E-state index contributed by atoms with van der Waals surface area (Å²) >= 11 is 0. The molecule has 0 bridgehead atoms. The molecule has 22 heavy (non-hydrogen) atoms. The molecule has 1 heterocycles. The zero-order valence-electron chi connectivity index (χ0n) is 13.3. The Morgan fingerprint density at radius 1 is 1.32 bits per heavy atom. The smallest absolute Gasteiger partial charge is 0.253 e. The molecule has 0 saturated carbocycles. The van der Waals surface area contributed by atoms with Gasteiger partial charge in [-0.3, -0.25) is 9.59 Å². The molecule has 0 radical (unpaired) electrons. The van der Waals surface area contributed by atoms with Crippen LogP contribution in [-0.4, -0.2) is 43.5 Å². The van der Waals surface area contributed by atoms with Crippen LogP contribution in [0.5, 0.6) is 0 Å². The van der Waals surface area contributed by atoms with Crippen molar-refractivity contribution in [2.45, 2.75) is 26.2 Å². The lowest BCUT2D eigenvalue weighted by Crippen LogP contribution is -2.30. The largest absolute Gasteiger partial charge is 0.381 e. The molecule has 1 aromatic rings. The summed E-state index contributed by atoms with van der Waals surface area (Å²) in [5.74, 6) is 0.492. The first-order valence-corrected chi connectivity index (χ1v) is 7.77. The van der Waals surface area contributed by atoms with E-state index in [9.17, 15) is 9.59 Å². The van der Waals surface area contributed by atoms with Crippen LogP contribution >= 0.6 is 0 Å². The minimum Gasteiger partial charge on any atom is -0.381 e. The molecule has 2 amide bonds. The van der Waals surface area contributed by atoms with Crippen LogP contribution in [0.3, 0.4) is 0 Å². The van der Waals surface area contributed by atoms with E-state index in [0.717, 1.165) is 39.0 Å². The summed E-state index contributed by atoms with van der Waals surface area (Å²) in [6.45, 7) is 3.87. The van der Waals surface area contributed by atoms with Crippen molar-refractivity contribution in [2.75, 3.05) is 32.1 Å². The molecule has 2 rings (SSSR count). The van der Waals surface area contributed by atoms with E-state index in [4.69, 9.17) is 4.74 Å². The molecule has 0 aliphatic carbocycles. The highest BCUT2D eigenvalue weighted by atomic mass is 16.5. The van der Waals surface area contributed by atoms with E-state index in [0.29, 0.717) is 17.2 Å². The SMILES string of the molecule is CC(=O)Nc1cccc(C(=O)N(C)CCC2CCOCC2)c1. The van der Waals surface area contributed by atoms with E-state index in [-0.39, 0.29) is 11.8 Å². The summed E-state index contributed by atoms with van der Waals surface area (Å²) < 4.78 is 5.35. The van der Waals surface area contributed by atoms with E-state index >= 15 is 0 Å². The van der Waals surface area contributed by atoms with Gasteiger partial charge in [0.2, 0.25) is 5.91 Å². The molecular formula is C17H24N2O3. The van der Waals surface area contributed by atoms with E-state index in [2.05, 4.69) is 5.32 Å². The number of carbonyl (C=O) groups excluding carboxylic acids is 2. The summed E-state index contributed by atoms with van der Waals surface area (Å²) in [6, 6.07) is 7.05. The number of nitrogens with one attached hydrogen (secondary N) is 1. The lowest BCUT2D eigenvalue weighted by atomic mass is 9.96. The average Bonchev–Trinajstić information content (AvgIpc) is 2.52. The predicted octanol–water partition coefficient (Wildman–Crippen LogP) is 2.53. The topological polar surface area (TPSA) is 58.6 Å². The monoisotopic (exact) mass is 304 g/mol. The Hall–Kier alpha value is -1.88. The van der Waals surface area contributed by atoms with Gasteiger partial charge in [0.25, 0.3) is 5.91 Å². The normalized spacial score (nSPS) is 15.4. The first-order valence-electron chi connectivity index (χ1n) is 7.77. The second kappa shape index (κ2) is 7.94. The molecule has 0 atom stereocenters. The van der Waals surface area contributed by atoms with Gasteiger partial charge in [0.05, 0.1) is 0 Å². The number of hydrogen-bond acceptors (Lipinski definition) is 3. The Labute approximate surface area is 131 Å². The van der Waals surface area contributed by atoms with E-state index in [1.807, 2.05) is 7.05 Å². The van der Waals surface area contributed by atoms with Crippen LogP contribution in [-0.2, 0) is 9.53 Å². The summed E-state index contributed by atoms with van der Waals surface area (Å²) in [5.41, 5.74) is 1.25. The van der Waals surface area contributed by atoms with Gasteiger partial charge in [0.1, 0.15) is 0 Å². The third-order valence-corrected chi connectivity index (χ3v) is 3.99. The molecule has 1 fully saturated rings. The fourth-order valence-electron chi connectivity index (χ4n) is 2.67. The van der Waals surface area contributed by atoms with Crippen molar-refractivity contribution in [2.24, 2.45) is 5.92 Å². The van der Waals surface area contributed by atoms with Crippen LogP contribution in [0.1, 0.15) is 36.5 Å². The minimum atomic E-state index is -0.141. The molecule has 5 nitrogen and oxygen atoms in total. The third kappa shape index (κ3) is 4.84. The number of anilines is 1. The van der Waals surface area contributed by atoms with Gasteiger partial charge in [0, 0.05) is 45.0 Å². The second-order valence-corrected chi connectivity index (χ2v) is 5.83. The molecule has 1 aliphatic rings. The molecule has 0 spiro atoms. The summed E-state index contributed by atoms with van der Waals surface area (Å²) in [7, 11) is 1.83. The highest BCUT2D eigenvalue weighted by molar-refractivity contribution is 5.96. The molecule has 1 aromatic carbocycles. The van der Waals surface area contributed by atoms with Crippen LogP contribution in [0, 0.1) is 5.92 Å². The Morgan fingerprint density at radius 3 is 2.73 bits per heavy atom. The first kappa shape index (κ1) is 16.5. The van der Waals surface area contributed by atoms with Crippen LogP contribution < -0.4 is 5.32 Å². The quantitative estimate of drug-likeness (QED) is 0.909. The summed E-state index contributed by atoms with van der Waals surface area (Å²) in [6.07, 6.45) is 3.18. The van der Waals surface area contributed by atoms with E-state index < -0.39 is 0 Å². The molecule has 1 saturated heterocycles. The van der Waals surface area contributed by atoms with Gasteiger partial charge in [-0.15, -0.1) is 0 Å². The van der Waals surface area contributed by atoms with Crippen molar-refractivity contribution >= 4 is 17.5 Å². The average molecular weight is 304 g/mol. The van der Waals surface area contributed by atoms with Gasteiger partial charge in [-0.2, -0.15) is 0 Å². The second-order valence-electron chi connectivity index (χ2n) is 5.83. The molecule has 0 unspecified atom stereocenters. The Bertz CT molecular complexity index is 524. The van der Waals surface area contributed by atoms with Gasteiger partial charge in [-0.25, -0.2) is 0 Å². The van der Waals surface area contributed by atoms with Crippen LogP contribution in [0.25, 0.3) is 0 Å². The molecule has 1 N–H and O–H groups in total. The fourth-order valence-corrected chi connectivity index (χ4v) is 2.67. The number of rotatable bonds is 5. The summed E-state index contributed by atoms with van der Waals surface area (Å²) in [5, 5.41) is 2.70. The highest BCUT2D eigenvalue weighted by Crippen LogP contribution is 2.19. The van der Waals surface area contributed by atoms with Crippen molar-refractivity contribution in [1.29, 1.82) is 0 Å².